The maximum absolute atomic E-state index is 12.9. The van der Waals surface area contributed by atoms with Crippen LogP contribution in [0.4, 0.5) is 0 Å². The normalized spacial score (nSPS) is 12.1. The van der Waals surface area contributed by atoms with E-state index in [4.69, 9.17) is 14.2 Å². The number of rotatable bonds is 63. The summed E-state index contributed by atoms with van der Waals surface area (Å²) in [7, 11) is 0. The van der Waals surface area contributed by atoms with E-state index in [0.717, 1.165) is 64.2 Å². The van der Waals surface area contributed by atoms with Crippen molar-refractivity contribution in [1.82, 2.24) is 0 Å². The van der Waals surface area contributed by atoms with Gasteiger partial charge in [-0.1, -0.05) is 334 Å². The van der Waals surface area contributed by atoms with Crippen LogP contribution < -0.4 is 0 Å². The maximum atomic E-state index is 12.9. The predicted molar refractivity (Wildman–Crippen MR) is 326 cm³/mol. The average molecular weight is 1060 g/mol. The molecule has 6 nitrogen and oxygen atoms in total. The Morgan fingerprint density at radius 2 is 0.480 bits per heavy atom. The highest BCUT2D eigenvalue weighted by Crippen LogP contribution is 2.18. The molecule has 0 radical (unpaired) electrons. The van der Waals surface area contributed by atoms with E-state index < -0.39 is 6.10 Å². The lowest BCUT2D eigenvalue weighted by molar-refractivity contribution is -0.167. The third kappa shape index (κ3) is 62.6. The standard InChI is InChI=1S/C69H130O6/c1-4-7-10-13-16-19-21-23-25-27-28-29-30-31-32-33-34-35-36-37-38-39-40-42-43-45-47-50-53-56-59-62-68(71)74-65-66(64-73-67(70)61-58-55-52-49-18-15-12-9-6-3)75-69(72)63-60-57-54-51-48-46-44-41-26-24-22-20-17-14-11-8-5-2/h21,23,27-28,66H,4-20,22,24-26,29-65H2,1-3H3/b23-21-,28-27-. The zero-order valence-electron chi connectivity index (χ0n) is 50.8. The van der Waals surface area contributed by atoms with Crippen LogP contribution in [0.3, 0.4) is 0 Å². The topological polar surface area (TPSA) is 78.9 Å². The molecule has 0 N–H and O–H groups in total. The summed E-state index contributed by atoms with van der Waals surface area (Å²) in [6.45, 7) is 6.68. The predicted octanol–water partition coefficient (Wildman–Crippen LogP) is 23.0. The van der Waals surface area contributed by atoms with Crippen LogP contribution >= 0.6 is 0 Å². The number of esters is 3. The number of hydrogen-bond acceptors (Lipinski definition) is 6. The minimum Gasteiger partial charge on any atom is -0.462 e. The van der Waals surface area contributed by atoms with E-state index in [1.54, 1.807) is 0 Å². The van der Waals surface area contributed by atoms with Crippen molar-refractivity contribution in [2.45, 2.75) is 386 Å². The average Bonchev–Trinajstić information content (AvgIpc) is 3.41. The molecule has 0 saturated carbocycles. The summed E-state index contributed by atoms with van der Waals surface area (Å²) in [6, 6.07) is 0. The summed E-state index contributed by atoms with van der Waals surface area (Å²) < 4.78 is 16.9. The van der Waals surface area contributed by atoms with Gasteiger partial charge in [0, 0.05) is 19.3 Å². The lowest BCUT2D eigenvalue weighted by atomic mass is 10.0. The third-order valence-corrected chi connectivity index (χ3v) is 15.5. The second-order valence-corrected chi connectivity index (χ2v) is 23.1. The fraction of sp³-hybridized carbons (Fsp3) is 0.899. The van der Waals surface area contributed by atoms with Gasteiger partial charge in [0.1, 0.15) is 13.2 Å². The monoisotopic (exact) mass is 1050 g/mol. The maximum Gasteiger partial charge on any atom is 0.306 e. The molecule has 0 aliphatic heterocycles. The van der Waals surface area contributed by atoms with E-state index in [2.05, 4.69) is 45.1 Å². The molecule has 0 bridgehead atoms. The van der Waals surface area contributed by atoms with Gasteiger partial charge in [0.2, 0.25) is 0 Å². The fourth-order valence-corrected chi connectivity index (χ4v) is 10.4. The van der Waals surface area contributed by atoms with Gasteiger partial charge in [-0.3, -0.25) is 14.4 Å². The first-order valence-corrected chi connectivity index (χ1v) is 33.8. The quantitative estimate of drug-likeness (QED) is 0.0261. The van der Waals surface area contributed by atoms with Crippen molar-refractivity contribution in [2.75, 3.05) is 13.2 Å². The second kappa shape index (κ2) is 64.4. The Kier molecular flexibility index (Phi) is 62.6. The van der Waals surface area contributed by atoms with Gasteiger partial charge in [0.15, 0.2) is 6.10 Å². The number of ether oxygens (including phenoxy) is 3. The molecule has 0 saturated heterocycles. The minimum absolute atomic E-state index is 0.0637. The zero-order chi connectivity index (χ0) is 54.3. The molecule has 75 heavy (non-hydrogen) atoms. The van der Waals surface area contributed by atoms with E-state index in [0.29, 0.717) is 19.3 Å². The van der Waals surface area contributed by atoms with E-state index in [1.807, 2.05) is 0 Å². The van der Waals surface area contributed by atoms with E-state index in [1.165, 1.54) is 276 Å². The Balaban J connectivity index is 4.04. The van der Waals surface area contributed by atoms with Crippen molar-refractivity contribution in [3.63, 3.8) is 0 Å². The van der Waals surface area contributed by atoms with Crippen molar-refractivity contribution >= 4 is 17.9 Å². The van der Waals surface area contributed by atoms with Crippen molar-refractivity contribution in [2.24, 2.45) is 0 Å². The molecule has 0 fully saturated rings. The SMILES string of the molecule is CCCCCCC/C=C\C/C=C\CCCCCCCCCCCCCCCCCCCCCC(=O)OCC(COC(=O)CCCCCCCCCCC)OC(=O)CCCCCCCCCCCCCCCCCCC. The summed E-state index contributed by atoms with van der Waals surface area (Å²) in [5, 5.41) is 0. The molecule has 1 unspecified atom stereocenters. The molecule has 0 aliphatic carbocycles. The molecule has 6 heteroatoms. The van der Waals surface area contributed by atoms with Crippen LogP contribution in [0.25, 0.3) is 0 Å². The number of carbonyl (C=O) groups excluding carboxylic acids is 3. The van der Waals surface area contributed by atoms with Crippen LogP contribution in [0.1, 0.15) is 380 Å². The number of carbonyl (C=O) groups is 3. The van der Waals surface area contributed by atoms with Gasteiger partial charge in [0.05, 0.1) is 0 Å². The van der Waals surface area contributed by atoms with Crippen LogP contribution in [-0.2, 0) is 28.6 Å². The van der Waals surface area contributed by atoms with Crippen LogP contribution in [0.15, 0.2) is 24.3 Å². The smallest absolute Gasteiger partial charge is 0.306 e. The van der Waals surface area contributed by atoms with E-state index in [-0.39, 0.29) is 31.1 Å². The largest absolute Gasteiger partial charge is 0.462 e. The van der Waals surface area contributed by atoms with Crippen LogP contribution in [0.5, 0.6) is 0 Å². The Bertz CT molecular complexity index is 1210. The van der Waals surface area contributed by atoms with E-state index >= 15 is 0 Å². The Labute approximate surface area is 468 Å². The molecule has 0 aliphatic rings. The number of allylic oxidation sites excluding steroid dienone is 4. The Morgan fingerprint density at radius 1 is 0.267 bits per heavy atom. The van der Waals surface area contributed by atoms with Crippen LogP contribution in [-0.4, -0.2) is 37.2 Å². The van der Waals surface area contributed by atoms with Gasteiger partial charge >= 0.3 is 17.9 Å². The van der Waals surface area contributed by atoms with Gasteiger partial charge in [-0.25, -0.2) is 0 Å². The van der Waals surface area contributed by atoms with Gasteiger partial charge in [-0.05, 0) is 51.4 Å². The van der Waals surface area contributed by atoms with Crippen LogP contribution in [0, 0.1) is 0 Å². The lowest BCUT2D eigenvalue weighted by Crippen LogP contribution is -2.30. The van der Waals surface area contributed by atoms with Gasteiger partial charge in [-0.2, -0.15) is 0 Å². The molecule has 0 spiro atoms. The number of unbranched alkanes of at least 4 members (excludes halogenated alkanes) is 48. The highest BCUT2D eigenvalue weighted by Gasteiger charge is 2.19. The van der Waals surface area contributed by atoms with Crippen molar-refractivity contribution in [3.05, 3.63) is 24.3 Å². The molecule has 0 aromatic heterocycles. The molecule has 0 aromatic carbocycles. The van der Waals surface area contributed by atoms with Gasteiger partial charge in [0.25, 0.3) is 0 Å². The highest BCUT2D eigenvalue weighted by atomic mass is 16.6. The van der Waals surface area contributed by atoms with E-state index in [9.17, 15) is 14.4 Å². The molecule has 0 heterocycles. The molecule has 0 rings (SSSR count). The Morgan fingerprint density at radius 3 is 0.733 bits per heavy atom. The second-order valence-electron chi connectivity index (χ2n) is 23.1. The van der Waals surface area contributed by atoms with Gasteiger partial charge in [-0.15, -0.1) is 0 Å². The van der Waals surface area contributed by atoms with Crippen molar-refractivity contribution in [3.8, 4) is 0 Å². The summed E-state index contributed by atoms with van der Waals surface area (Å²) in [5.74, 6) is -0.838. The van der Waals surface area contributed by atoms with Crippen molar-refractivity contribution < 1.29 is 28.6 Å². The minimum atomic E-state index is -0.764. The summed E-state index contributed by atoms with van der Waals surface area (Å²) in [6.07, 6.45) is 77.9. The molecule has 442 valence electrons. The first-order chi connectivity index (χ1) is 37.0. The fourth-order valence-electron chi connectivity index (χ4n) is 10.4. The number of hydrogen-bond donors (Lipinski definition) is 0. The summed E-state index contributed by atoms with van der Waals surface area (Å²) in [5.41, 5.74) is 0. The highest BCUT2D eigenvalue weighted by molar-refractivity contribution is 5.71. The first kappa shape index (κ1) is 72.9. The summed E-state index contributed by atoms with van der Waals surface area (Å²) in [4.78, 5) is 38.2. The molecular formula is C69H130O6. The van der Waals surface area contributed by atoms with Gasteiger partial charge < -0.3 is 14.2 Å². The first-order valence-electron chi connectivity index (χ1n) is 33.8. The lowest BCUT2D eigenvalue weighted by Gasteiger charge is -2.18. The zero-order valence-corrected chi connectivity index (χ0v) is 50.8. The van der Waals surface area contributed by atoms with Crippen LogP contribution in [0.2, 0.25) is 0 Å². The Hall–Kier alpha value is -2.11. The van der Waals surface area contributed by atoms with Crippen molar-refractivity contribution in [1.29, 1.82) is 0 Å². The molecular weight excluding hydrogens is 925 g/mol. The summed E-state index contributed by atoms with van der Waals surface area (Å²) >= 11 is 0. The molecule has 0 amide bonds. The third-order valence-electron chi connectivity index (χ3n) is 15.5. The molecule has 1 atom stereocenters. The molecule has 0 aromatic rings.